The molecule has 5 heteroatoms. The van der Waals surface area contributed by atoms with Crippen LogP contribution >= 0.6 is 0 Å². The number of carbonyl (C=O) groups excluding carboxylic acids is 2. The normalized spacial score (nSPS) is 15.8. The van der Waals surface area contributed by atoms with Gasteiger partial charge in [-0.3, -0.25) is 14.5 Å². The van der Waals surface area contributed by atoms with E-state index in [-0.39, 0.29) is 11.8 Å². The third kappa shape index (κ3) is 3.11. The van der Waals surface area contributed by atoms with E-state index in [9.17, 15) is 9.59 Å². The van der Waals surface area contributed by atoms with Crippen LogP contribution in [0.3, 0.4) is 0 Å². The minimum absolute atomic E-state index is 0.133. The van der Waals surface area contributed by atoms with E-state index in [0.717, 1.165) is 17.0 Å². The first-order valence-electron chi connectivity index (χ1n) is 8.01. The van der Waals surface area contributed by atoms with Crippen LogP contribution < -0.4 is 15.0 Å². The van der Waals surface area contributed by atoms with Crippen molar-refractivity contribution in [3.63, 3.8) is 0 Å². The molecule has 0 saturated carbocycles. The molecule has 2 aromatic rings. The third-order valence-corrected chi connectivity index (χ3v) is 4.05. The van der Waals surface area contributed by atoms with Gasteiger partial charge in [0.15, 0.2) is 0 Å². The average molecular weight is 324 g/mol. The molecule has 1 atom stereocenters. The fourth-order valence-electron chi connectivity index (χ4n) is 3.01. The monoisotopic (exact) mass is 324 g/mol. The second-order valence-electron chi connectivity index (χ2n) is 5.68. The molecule has 0 radical (unpaired) electrons. The van der Waals surface area contributed by atoms with Crippen molar-refractivity contribution in [1.82, 2.24) is 0 Å². The molecule has 24 heavy (non-hydrogen) atoms. The minimum Gasteiger partial charge on any atom is -0.494 e. The Kier molecular flexibility index (Phi) is 4.51. The molecule has 0 saturated heterocycles. The number of ether oxygens (including phenoxy) is 1. The molecule has 0 bridgehead atoms. The fourth-order valence-corrected chi connectivity index (χ4v) is 3.01. The highest BCUT2D eigenvalue weighted by atomic mass is 16.5. The molecule has 0 aliphatic carbocycles. The number of carbonyl (C=O) groups is 2. The molecule has 2 aromatic carbocycles. The van der Waals surface area contributed by atoms with Crippen molar-refractivity contribution in [2.75, 3.05) is 16.8 Å². The summed E-state index contributed by atoms with van der Waals surface area (Å²) < 4.78 is 5.39. The quantitative estimate of drug-likeness (QED) is 0.940. The van der Waals surface area contributed by atoms with Gasteiger partial charge in [0.25, 0.3) is 0 Å². The minimum atomic E-state index is -0.522. The highest BCUT2D eigenvalue weighted by molar-refractivity contribution is 6.06. The Morgan fingerprint density at radius 2 is 1.88 bits per heavy atom. The molecular weight excluding hydrogens is 304 g/mol. The Bertz CT molecular complexity index is 755. The summed E-state index contributed by atoms with van der Waals surface area (Å²) in [6.07, 6.45) is 0.526. The molecule has 0 unspecified atom stereocenters. The SMILES string of the molecule is CCOc1ccc(NC(=O)[C@@H]2Cc3ccccc3N2C(C)=O)cc1. The summed E-state index contributed by atoms with van der Waals surface area (Å²) in [6.45, 7) is 4.00. The van der Waals surface area contributed by atoms with E-state index in [2.05, 4.69) is 5.32 Å². The largest absolute Gasteiger partial charge is 0.494 e. The lowest BCUT2D eigenvalue weighted by Crippen LogP contribution is -2.44. The van der Waals surface area contributed by atoms with Crippen molar-refractivity contribution in [3.05, 3.63) is 54.1 Å². The van der Waals surface area contributed by atoms with Crippen molar-refractivity contribution in [1.29, 1.82) is 0 Å². The molecule has 0 aromatic heterocycles. The van der Waals surface area contributed by atoms with Crippen molar-refractivity contribution < 1.29 is 14.3 Å². The highest BCUT2D eigenvalue weighted by Crippen LogP contribution is 2.32. The van der Waals surface area contributed by atoms with Crippen LogP contribution in [-0.4, -0.2) is 24.5 Å². The number of rotatable bonds is 4. The van der Waals surface area contributed by atoms with Gasteiger partial charge in [-0.15, -0.1) is 0 Å². The van der Waals surface area contributed by atoms with Crippen molar-refractivity contribution in [3.8, 4) is 5.75 Å². The molecule has 0 spiro atoms. The molecule has 5 nitrogen and oxygen atoms in total. The Labute approximate surface area is 141 Å². The average Bonchev–Trinajstić information content (AvgIpc) is 2.97. The maximum Gasteiger partial charge on any atom is 0.247 e. The van der Waals surface area contributed by atoms with E-state index in [1.54, 1.807) is 17.0 Å². The third-order valence-electron chi connectivity index (χ3n) is 4.05. The molecule has 3 rings (SSSR count). The maximum atomic E-state index is 12.7. The zero-order valence-electron chi connectivity index (χ0n) is 13.8. The van der Waals surface area contributed by atoms with Crippen LogP contribution in [0, 0.1) is 0 Å². The first kappa shape index (κ1) is 16.1. The predicted molar refractivity (Wildman–Crippen MR) is 93.3 cm³/mol. The number of anilines is 2. The van der Waals surface area contributed by atoms with Crippen LogP contribution in [0.5, 0.6) is 5.75 Å². The fraction of sp³-hybridized carbons (Fsp3) is 0.263. The van der Waals surface area contributed by atoms with Gasteiger partial charge in [0.05, 0.1) is 6.61 Å². The van der Waals surface area contributed by atoms with Gasteiger partial charge in [-0.25, -0.2) is 0 Å². The number of hydrogen-bond acceptors (Lipinski definition) is 3. The van der Waals surface area contributed by atoms with Gasteiger partial charge in [0.2, 0.25) is 11.8 Å². The molecular formula is C19H20N2O3. The van der Waals surface area contributed by atoms with Gasteiger partial charge in [0.1, 0.15) is 11.8 Å². The topological polar surface area (TPSA) is 58.6 Å². The number of nitrogens with zero attached hydrogens (tertiary/aromatic N) is 1. The molecule has 1 N–H and O–H groups in total. The second kappa shape index (κ2) is 6.74. The van der Waals surface area contributed by atoms with Crippen molar-refractivity contribution >= 4 is 23.2 Å². The summed E-state index contributed by atoms with van der Waals surface area (Å²) in [4.78, 5) is 26.3. The molecule has 124 valence electrons. The number of fused-ring (bicyclic) bond motifs is 1. The number of hydrogen-bond donors (Lipinski definition) is 1. The number of amides is 2. The zero-order valence-corrected chi connectivity index (χ0v) is 13.8. The van der Waals surface area contributed by atoms with E-state index in [1.165, 1.54) is 6.92 Å². The van der Waals surface area contributed by atoms with Gasteiger partial charge in [-0.05, 0) is 42.8 Å². The Hall–Kier alpha value is -2.82. The summed E-state index contributed by atoms with van der Waals surface area (Å²) in [6, 6.07) is 14.3. The Morgan fingerprint density at radius 3 is 2.54 bits per heavy atom. The molecule has 0 fully saturated rings. The number of para-hydroxylation sites is 1. The lowest BCUT2D eigenvalue weighted by atomic mass is 10.1. The standard InChI is InChI=1S/C19H20N2O3/c1-3-24-16-10-8-15(9-11-16)20-19(23)18-12-14-6-4-5-7-17(14)21(18)13(2)22/h4-11,18H,3,12H2,1-2H3,(H,20,23)/t18-/m0/s1. The van der Waals surface area contributed by atoms with E-state index in [0.29, 0.717) is 18.7 Å². The van der Waals surface area contributed by atoms with Crippen LogP contribution in [0.15, 0.2) is 48.5 Å². The van der Waals surface area contributed by atoms with Gasteiger partial charge in [-0.2, -0.15) is 0 Å². The smallest absolute Gasteiger partial charge is 0.247 e. The summed E-state index contributed by atoms with van der Waals surface area (Å²) in [7, 11) is 0. The maximum absolute atomic E-state index is 12.7. The molecule has 1 aliphatic rings. The van der Waals surface area contributed by atoms with Gasteiger partial charge >= 0.3 is 0 Å². The second-order valence-corrected chi connectivity index (χ2v) is 5.68. The summed E-state index contributed by atoms with van der Waals surface area (Å²) in [5.41, 5.74) is 2.51. The van der Waals surface area contributed by atoms with Crippen LogP contribution in [0.2, 0.25) is 0 Å². The van der Waals surface area contributed by atoms with Crippen LogP contribution in [0.4, 0.5) is 11.4 Å². The lowest BCUT2D eigenvalue weighted by molar-refractivity contribution is -0.122. The van der Waals surface area contributed by atoms with Crippen LogP contribution in [0.25, 0.3) is 0 Å². The summed E-state index contributed by atoms with van der Waals surface area (Å²) in [5.74, 6) is 0.437. The highest BCUT2D eigenvalue weighted by Gasteiger charge is 2.36. The first-order chi connectivity index (χ1) is 11.6. The van der Waals surface area contributed by atoms with Crippen molar-refractivity contribution in [2.45, 2.75) is 26.3 Å². The van der Waals surface area contributed by atoms with Crippen LogP contribution in [0.1, 0.15) is 19.4 Å². The van der Waals surface area contributed by atoms with Crippen molar-refractivity contribution in [2.24, 2.45) is 0 Å². The van der Waals surface area contributed by atoms with E-state index < -0.39 is 6.04 Å². The van der Waals surface area contributed by atoms with E-state index in [4.69, 9.17) is 4.74 Å². The summed E-state index contributed by atoms with van der Waals surface area (Å²) >= 11 is 0. The van der Waals surface area contributed by atoms with Gasteiger partial charge < -0.3 is 10.1 Å². The predicted octanol–water partition coefficient (Wildman–Crippen LogP) is 3.00. The van der Waals surface area contributed by atoms with E-state index >= 15 is 0 Å². The Balaban J connectivity index is 1.76. The lowest BCUT2D eigenvalue weighted by Gasteiger charge is -2.23. The first-order valence-corrected chi connectivity index (χ1v) is 8.01. The molecule has 1 aliphatic heterocycles. The van der Waals surface area contributed by atoms with Crippen LogP contribution in [-0.2, 0) is 16.0 Å². The Morgan fingerprint density at radius 1 is 1.17 bits per heavy atom. The molecule has 2 amide bonds. The summed E-state index contributed by atoms with van der Waals surface area (Å²) in [5, 5.41) is 2.88. The van der Waals surface area contributed by atoms with E-state index in [1.807, 2.05) is 43.3 Å². The zero-order chi connectivity index (χ0) is 17.1. The number of nitrogens with one attached hydrogen (secondary N) is 1. The number of benzene rings is 2. The molecule has 1 heterocycles. The van der Waals surface area contributed by atoms with Gasteiger partial charge in [-0.1, -0.05) is 18.2 Å². The van der Waals surface area contributed by atoms with Gasteiger partial charge in [0, 0.05) is 24.7 Å².